The van der Waals surface area contributed by atoms with Crippen molar-refractivity contribution < 1.29 is 9.84 Å². The quantitative estimate of drug-likeness (QED) is 0.729. The number of phenols is 1. The summed E-state index contributed by atoms with van der Waals surface area (Å²) in [6, 6.07) is 6.49. The molecule has 0 amide bonds. The predicted octanol–water partition coefficient (Wildman–Crippen LogP) is 1.58. The van der Waals surface area contributed by atoms with Crippen LogP contribution >= 0.6 is 0 Å². The number of phenolic OH excluding ortho intramolecular Hbond substituents is 1. The van der Waals surface area contributed by atoms with E-state index >= 15 is 0 Å². The predicted molar refractivity (Wildman–Crippen MR) is 68.8 cm³/mol. The molecule has 2 fully saturated rings. The number of piperidine rings is 1. The highest BCUT2D eigenvalue weighted by molar-refractivity contribution is 5.45. The Hall–Kier alpha value is -1.06. The lowest BCUT2D eigenvalue weighted by molar-refractivity contribution is -0.0436. The lowest BCUT2D eigenvalue weighted by Gasteiger charge is -2.55. The van der Waals surface area contributed by atoms with E-state index in [1.54, 1.807) is 0 Å². The molecule has 18 heavy (non-hydrogen) atoms. The molecule has 0 aromatic heterocycles. The number of benzene rings is 1. The summed E-state index contributed by atoms with van der Waals surface area (Å²) in [5, 5.41) is 13.5. The zero-order chi connectivity index (χ0) is 12.2. The number of nitrogens with one attached hydrogen (secondary N) is 1. The third-order valence-corrected chi connectivity index (χ3v) is 5.18. The maximum atomic E-state index is 9.82. The number of fused-ring (bicyclic) bond motifs is 1. The molecule has 2 N–H and O–H groups in total. The molecule has 1 aromatic carbocycles. The highest BCUT2D eigenvalue weighted by Gasteiger charge is 2.52. The molecule has 1 aliphatic carbocycles. The first-order chi connectivity index (χ1) is 8.79. The molecular formula is C15H19NO2. The first-order valence-corrected chi connectivity index (χ1v) is 6.93. The molecule has 0 saturated carbocycles. The lowest BCUT2D eigenvalue weighted by Crippen LogP contribution is -2.62. The smallest absolute Gasteiger partial charge is 0.115 e. The summed E-state index contributed by atoms with van der Waals surface area (Å²) in [4.78, 5) is 0. The van der Waals surface area contributed by atoms with Crippen LogP contribution in [0.3, 0.4) is 0 Å². The van der Waals surface area contributed by atoms with E-state index in [2.05, 4.69) is 11.4 Å². The van der Waals surface area contributed by atoms with Gasteiger partial charge >= 0.3 is 0 Å². The van der Waals surface area contributed by atoms with Crippen LogP contribution in [0.15, 0.2) is 18.2 Å². The summed E-state index contributed by atoms with van der Waals surface area (Å²) in [7, 11) is 0. The molecule has 2 aliphatic heterocycles. The minimum Gasteiger partial charge on any atom is -0.508 e. The van der Waals surface area contributed by atoms with Gasteiger partial charge in [-0.1, -0.05) is 6.07 Å². The van der Waals surface area contributed by atoms with Crippen LogP contribution in [0.4, 0.5) is 0 Å². The van der Waals surface area contributed by atoms with Crippen LogP contribution in [0, 0.1) is 5.92 Å². The summed E-state index contributed by atoms with van der Waals surface area (Å²) in [6.45, 7) is 2.78. The van der Waals surface area contributed by atoms with Gasteiger partial charge in [-0.3, -0.25) is 0 Å². The van der Waals surface area contributed by atoms with Gasteiger partial charge in [0.05, 0.1) is 6.61 Å². The van der Waals surface area contributed by atoms with Crippen LogP contribution in [0.1, 0.15) is 24.0 Å². The summed E-state index contributed by atoms with van der Waals surface area (Å²) in [6.07, 6.45) is 3.37. The van der Waals surface area contributed by atoms with Crippen molar-refractivity contribution in [2.24, 2.45) is 5.92 Å². The topological polar surface area (TPSA) is 41.5 Å². The molecular weight excluding hydrogens is 226 g/mol. The van der Waals surface area contributed by atoms with Crippen molar-refractivity contribution >= 4 is 0 Å². The average molecular weight is 245 g/mol. The standard InChI is InChI=1S/C15H19NO2/c17-11-2-1-10-7-14-12-3-6-18-9-15(12,4-5-16-14)13(10)8-11/h1-2,8,12,14,16-17H,3-7,9H2/t12-,14+,15-/m0/s1. The van der Waals surface area contributed by atoms with Crippen molar-refractivity contribution in [1.82, 2.24) is 5.32 Å². The average Bonchev–Trinajstić information content (AvgIpc) is 2.40. The molecule has 3 heteroatoms. The van der Waals surface area contributed by atoms with Crippen molar-refractivity contribution in [3.8, 4) is 5.75 Å². The van der Waals surface area contributed by atoms with Gasteiger partial charge in [-0.05, 0) is 55.0 Å². The number of ether oxygens (including phenoxy) is 1. The fourth-order valence-electron chi connectivity index (χ4n) is 4.38. The van der Waals surface area contributed by atoms with Crippen molar-refractivity contribution in [3.05, 3.63) is 29.3 Å². The molecule has 1 aromatic rings. The van der Waals surface area contributed by atoms with E-state index in [1.165, 1.54) is 11.1 Å². The second kappa shape index (κ2) is 3.72. The molecule has 0 unspecified atom stereocenters. The van der Waals surface area contributed by atoms with Gasteiger partial charge in [0.1, 0.15) is 5.75 Å². The van der Waals surface area contributed by atoms with E-state index in [4.69, 9.17) is 4.74 Å². The Morgan fingerprint density at radius 3 is 3.28 bits per heavy atom. The van der Waals surface area contributed by atoms with E-state index in [9.17, 15) is 5.11 Å². The Bertz CT molecular complexity index is 483. The minimum absolute atomic E-state index is 0.153. The van der Waals surface area contributed by atoms with E-state index < -0.39 is 0 Å². The second-order valence-corrected chi connectivity index (χ2v) is 5.96. The lowest BCUT2D eigenvalue weighted by atomic mass is 9.56. The number of rotatable bonds is 0. The Labute approximate surface area is 107 Å². The van der Waals surface area contributed by atoms with Crippen molar-refractivity contribution in [3.63, 3.8) is 0 Å². The molecule has 4 rings (SSSR count). The van der Waals surface area contributed by atoms with Gasteiger partial charge in [0.15, 0.2) is 0 Å². The molecule has 2 heterocycles. The maximum Gasteiger partial charge on any atom is 0.115 e. The SMILES string of the molecule is Oc1ccc2c(c1)[C@]13CCN[C@H](C2)[C@@H]1CCOC3. The van der Waals surface area contributed by atoms with Crippen LogP contribution in [0.5, 0.6) is 5.75 Å². The van der Waals surface area contributed by atoms with E-state index in [0.717, 1.165) is 39.0 Å². The maximum absolute atomic E-state index is 9.82. The monoisotopic (exact) mass is 245 g/mol. The van der Waals surface area contributed by atoms with Crippen LogP contribution in [0.25, 0.3) is 0 Å². The van der Waals surface area contributed by atoms with Crippen LogP contribution in [0.2, 0.25) is 0 Å². The third kappa shape index (κ3) is 1.32. The van der Waals surface area contributed by atoms with Gasteiger partial charge in [-0.15, -0.1) is 0 Å². The fourth-order valence-corrected chi connectivity index (χ4v) is 4.38. The molecule has 3 atom stereocenters. The summed E-state index contributed by atoms with van der Waals surface area (Å²) in [5.41, 5.74) is 2.90. The normalized spacial score (nSPS) is 37.8. The Kier molecular flexibility index (Phi) is 2.24. The third-order valence-electron chi connectivity index (χ3n) is 5.18. The number of hydrogen-bond acceptors (Lipinski definition) is 3. The second-order valence-electron chi connectivity index (χ2n) is 5.96. The van der Waals surface area contributed by atoms with Gasteiger partial charge in [-0.25, -0.2) is 0 Å². The Balaban J connectivity index is 1.91. The summed E-state index contributed by atoms with van der Waals surface area (Å²) in [5.74, 6) is 1.07. The zero-order valence-corrected chi connectivity index (χ0v) is 10.5. The van der Waals surface area contributed by atoms with E-state index in [-0.39, 0.29) is 5.41 Å². The zero-order valence-electron chi connectivity index (χ0n) is 10.5. The van der Waals surface area contributed by atoms with Crippen molar-refractivity contribution in [2.45, 2.75) is 30.7 Å². The molecule has 96 valence electrons. The van der Waals surface area contributed by atoms with Gasteiger partial charge in [0.2, 0.25) is 0 Å². The first-order valence-electron chi connectivity index (χ1n) is 6.93. The van der Waals surface area contributed by atoms with Crippen molar-refractivity contribution in [2.75, 3.05) is 19.8 Å². The Morgan fingerprint density at radius 1 is 1.39 bits per heavy atom. The molecule has 0 spiro atoms. The molecule has 3 aliphatic rings. The van der Waals surface area contributed by atoms with E-state index in [0.29, 0.717) is 17.7 Å². The molecule has 3 nitrogen and oxygen atoms in total. The fraction of sp³-hybridized carbons (Fsp3) is 0.600. The first kappa shape index (κ1) is 10.8. The number of aromatic hydroxyl groups is 1. The van der Waals surface area contributed by atoms with Gasteiger partial charge in [0.25, 0.3) is 0 Å². The van der Waals surface area contributed by atoms with Gasteiger partial charge in [0, 0.05) is 18.1 Å². The Morgan fingerprint density at radius 2 is 2.33 bits per heavy atom. The highest BCUT2D eigenvalue weighted by Crippen LogP contribution is 2.50. The molecule has 2 saturated heterocycles. The molecule has 2 bridgehead atoms. The van der Waals surface area contributed by atoms with E-state index in [1.807, 2.05) is 12.1 Å². The number of hydrogen-bond donors (Lipinski definition) is 2. The van der Waals surface area contributed by atoms with Crippen LogP contribution in [-0.4, -0.2) is 30.9 Å². The minimum atomic E-state index is 0.153. The highest BCUT2D eigenvalue weighted by atomic mass is 16.5. The summed E-state index contributed by atoms with van der Waals surface area (Å²) < 4.78 is 5.80. The van der Waals surface area contributed by atoms with Gasteiger partial charge < -0.3 is 15.2 Å². The van der Waals surface area contributed by atoms with Crippen LogP contribution in [-0.2, 0) is 16.6 Å². The van der Waals surface area contributed by atoms with Crippen molar-refractivity contribution in [1.29, 1.82) is 0 Å². The van der Waals surface area contributed by atoms with Crippen LogP contribution < -0.4 is 5.32 Å². The van der Waals surface area contributed by atoms with Gasteiger partial charge in [-0.2, -0.15) is 0 Å². The molecule has 0 radical (unpaired) electrons. The summed E-state index contributed by atoms with van der Waals surface area (Å²) >= 11 is 0. The largest absolute Gasteiger partial charge is 0.508 e.